The summed E-state index contributed by atoms with van der Waals surface area (Å²) >= 11 is 0. The van der Waals surface area contributed by atoms with Gasteiger partial charge in [0.1, 0.15) is 5.82 Å². The number of anilines is 2. The molecule has 1 aliphatic rings. The number of benzene rings is 1. The quantitative estimate of drug-likeness (QED) is 0.843. The Morgan fingerprint density at radius 2 is 2.04 bits per heavy atom. The number of aromatic hydroxyl groups is 1. The van der Waals surface area contributed by atoms with E-state index in [-0.39, 0.29) is 11.1 Å². The predicted octanol–water partition coefficient (Wildman–Crippen LogP) is 2.59. The monoisotopic (exact) mass is 329 g/mol. The smallest absolute Gasteiger partial charge is 0.255 e. The topological polar surface area (TPSA) is 82.5 Å². The fraction of sp³-hybridized carbons (Fsp3) is 0.235. The van der Waals surface area contributed by atoms with Crippen LogP contribution in [0.5, 0.6) is 5.75 Å². The van der Waals surface area contributed by atoms with Crippen LogP contribution in [0.25, 0.3) is 0 Å². The van der Waals surface area contributed by atoms with E-state index in [2.05, 4.69) is 15.2 Å². The van der Waals surface area contributed by atoms with E-state index >= 15 is 0 Å². The van der Waals surface area contributed by atoms with Crippen molar-refractivity contribution in [2.75, 3.05) is 23.3 Å². The molecule has 1 saturated heterocycles. The molecule has 1 aliphatic heterocycles. The standard InChI is InChI=1S/C17H16FN3O3/c18-14-8-11(7-12(10-22)16(14)23)17(24)20-13-3-4-15(19-9-13)21-5-1-2-6-21/h3-4,7-10,23H,1-2,5-6H2,(H,20,24). The lowest BCUT2D eigenvalue weighted by atomic mass is 10.1. The van der Waals surface area contributed by atoms with Crippen LogP contribution in [0.1, 0.15) is 33.6 Å². The van der Waals surface area contributed by atoms with Crippen molar-refractivity contribution in [3.8, 4) is 5.75 Å². The molecule has 0 atom stereocenters. The number of carbonyl (C=O) groups excluding carboxylic acids is 2. The third kappa shape index (κ3) is 3.19. The number of nitrogens with zero attached hydrogens (tertiary/aromatic N) is 2. The van der Waals surface area contributed by atoms with Gasteiger partial charge in [-0.3, -0.25) is 9.59 Å². The highest BCUT2D eigenvalue weighted by atomic mass is 19.1. The first-order valence-electron chi connectivity index (χ1n) is 7.58. The first kappa shape index (κ1) is 15.9. The summed E-state index contributed by atoms with van der Waals surface area (Å²) in [6.07, 6.45) is 4.11. The number of rotatable bonds is 4. The summed E-state index contributed by atoms with van der Waals surface area (Å²) in [5.74, 6) is -1.53. The highest BCUT2D eigenvalue weighted by Gasteiger charge is 2.16. The summed E-state index contributed by atoms with van der Waals surface area (Å²) in [5.41, 5.74) is 0.128. The minimum absolute atomic E-state index is 0.0592. The second-order valence-electron chi connectivity index (χ2n) is 5.57. The Kier molecular flexibility index (Phi) is 4.41. The molecule has 0 spiro atoms. The first-order valence-corrected chi connectivity index (χ1v) is 7.58. The summed E-state index contributed by atoms with van der Waals surface area (Å²) in [4.78, 5) is 29.5. The minimum atomic E-state index is -1.02. The van der Waals surface area contributed by atoms with Crippen molar-refractivity contribution >= 4 is 23.7 Å². The van der Waals surface area contributed by atoms with Crippen LogP contribution in [0.15, 0.2) is 30.5 Å². The number of pyridine rings is 1. The van der Waals surface area contributed by atoms with Gasteiger partial charge >= 0.3 is 0 Å². The lowest BCUT2D eigenvalue weighted by Gasteiger charge is -2.16. The second-order valence-corrected chi connectivity index (χ2v) is 5.57. The number of hydrogen-bond donors (Lipinski definition) is 2. The summed E-state index contributed by atoms with van der Waals surface area (Å²) < 4.78 is 13.5. The molecule has 0 radical (unpaired) electrons. The van der Waals surface area contributed by atoms with Crippen molar-refractivity contribution in [3.63, 3.8) is 0 Å². The van der Waals surface area contributed by atoms with Crippen LogP contribution in [0.2, 0.25) is 0 Å². The van der Waals surface area contributed by atoms with E-state index in [1.165, 1.54) is 6.20 Å². The van der Waals surface area contributed by atoms with Crippen LogP contribution in [0, 0.1) is 5.82 Å². The number of phenols is 1. The van der Waals surface area contributed by atoms with Gasteiger partial charge in [0, 0.05) is 18.7 Å². The molecule has 1 aromatic carbocycles. The van der Waals surface area contributed by atoms with E-state index in [1.807, 2.05) is 6.07 Å². The average molecular weight is 329 g/mol. The Morgan fingerprint density at radius 3 is 2.67 bits per heavy atom. The molecule has 2 aromatic rings. The molecule has 2 heterocycles. The normalized spacial score (nSPS) is 13.8. The van der Waals surface area contributed by atoms with E-state index in [0.717, 1.165) is 43.9 Å². The molecule has 0 aliphatic carbocycles. The predicted molar refractivity (Wildman–Crippen MR) is 87.1 cm³/mol. The molecular weight excluding hydrogens is 313 g/mol. The van der Waals surface area contributed by atoms with E-state index < -0.39 is 17.5 Å². The van der Waals surface area contributed by atoms with Crippen LogP contribution in [-0.2, 0) is 0 Å². The van der Waals surface area contributed by atoms with Crippen molar-refractivity contribution in [1.29, 1.82) is 0 Å². The van der Waals surface area contributed by atoms with Crippen LogP contribution in [-0.4, -0.2) is 35.4 Å². The maximum Gasteiger partial charge on any atom is 0.255 e. The molecule has 1 aromatic heterocycles. The fourth-order valence-corrected chi connectivity index (χ4v) is 2.64. The van der Waals surface area contributed by atoms with Gasteiger partial charge in [-0.15, -0.1) is 0 Å². The third-order valence-electron chi connectivity index (χ3n) is 3.92. The van der Waals surface area contributed by atoms with E-state index in [9.17, 15) is 19.1 Å². The maximum absolute atomic E-state index is 13.5. The number of phenolic OH excluding ortho intramolecular Hbond substituents is 1. The number of carbonyl (C=O) groups is 2. The summed E-state index contributed by atoms with van der Waals surface area (Å²) in [7, 11) is 0. The molecule has 2 N–H and O–H groups in total. The van der Waals surface area contributed by atoms with Crippen molar-refractivity contribution in [2.45, 2.75) is 12.8 Å². The van der Waals surface area contributed by atoms with Gasteiger partial charge in [0.05, 0.1) is 17.4 Å². The Morgan fingerprint density at radius 1 is 1.29 bits per heavy atom. The Hall–Kier alpha value is -2.96. The largest absolute Gasteiger partial charge is 0.504 e. The van der Waals surface area contributed by atoms with Crippen molar-refractivity contribution in [3.05, 3.63) is 47.4 Å². The molecule has 7 heteroatoms. The lowest BCUT2D eigenvalue weighted by Crippen LogP contribution is -2.19. The van der Waals surface area contributed by atoms with Gasteiger partial charge in [-0.2, -0.15) is 0 Å². The number of aldehydes is 1. The number of hydrogen-bond acceptors (Lipinski definition) is 5. The highest BCUT2D eigenvalue weighted by molar-refractivity contribution is 6.05. The van der Waals surface area contributed by atoms with Gasteiger partial charge in [0.25, 0.3) is 5.91 Å². The SMILES string of the molecule is O=Cc1cc(C(=O)Nc2ccc(N3CCCC3)nc2)cc(F)c1O. The average Bonchev–Trinajstić information content (AvgIpc) is 3.12. The number of amides is 1. The van der Waals surface area contributed by atoms with E-state index in [1.54, 1.807) is 6.07 Å². The van der Waals surface area contributed by atoms with E-state index in [4.69, 9.17) is 0 Å². The zero-order valence-corrected chi connectivity index (χ0v) is 12.8. The molecule has 0 saturated carbocycles. The second kappa shape index (κ2) is 6.66. The van der Waals surface area contributed by atoms with Gasteiger partial charge in [0.15, 0.2) is 17.9 Å². The molecule has 124 valence electrons. The van der Waals surface area contributed by atoms with Gasteiger partial charge in [-0.05, 0) is 37.1 Å². The zero-order valence-electron chi connectivity index (χ0n) is 12.8. The molecular formula is C17H16FN3O3. The number of aromatic nitrogens is 1. The molecule has 3 rings (SSSR count). The van der Waals surface area contributed by atoms with Crippen molar-refractivity contribution < 1.29 is 19.1 Å². The van der Waals surface area contributed by atoms with Crippen LogP contribution < -0.4 is 10.2 Å². The molecule has 6 nitrogen and oxygen atoms in total. The summed E-state index contributed by atoms with van der Waals surface area (Å²) in [6.45, 7) is 1.94. The van der Waals surface area contributed by atoms with Gasteiger partial charge in [-0.1, -0.05) is 0 Å². The van der Waals surface area contributed by atoms with Gasteiger partial charge in [0.2, 0.25) is 0 Å². The fourth-order valence-electron chi connectivity index (χ4n) is 2.64. The van der Waals surface area contributed by atoms with Crippen molar-refractivity contribution in [1.82, 2.24) is 4.98 Å². The van der Waals surface area contributed by atoms with Crippen LogP contribution in [0.4, 0.5) is 15.9 Å². The Balaban J connectivity index is 1.75. The summed E-state index contributed by atoms with van der Waals surface area (Å²) in [6, 6.07) is 5.54. The number of halogens is 1. The highest BCUT2D eigenvalue weighted by Crippen LogP contribution is 2.23. The third-order valence-corrected chi connectivity index (χ3v) is 3.92. The van der Waals surface area contributed by atoms with Crippen LogP contribution >= 0.6 is 0 Å². The number of nitrogens with one attached hydrogen (secondary N) is 1. The molecule has 1 fully saturated rings. The Bertz CT molecular complexity index is 771. The van der Waals surface area contributed by atoms with Gasteiger partial charge < -0.3 is 15.3 Å². The van der Waals surface area contributed by atoms with Crippen LogP contribution in [0.3, 0.4) is 0 Å². The zero-order chi connectivity index (χ0) is 17.1. The Labute approximate surface area is 137 Å². The first-order chi connectivity index (χ1) is 11.6. The molecule has 0 unspecified atom stereocenters. The van der Waals surface area contributed by atoms with Crippen molar-refractivity contribution in [2.24, 2.45) is 0 Å². The summed E-state index contributed by atoms with van der Waals surface area (Å²) in [5, 5.41) is 12.0. The molecule has 1 amide bonds. The minimum Gasteiger partial charge on any atom is -0.504 e. The molecule has 0 bridgehead atoms. The van der Waals surface area contributed by atoms with Gasteiger partial charge in [-0.25, -0.2) is 9.37 Å². The lowest BCUT2D eigenvalue weighted by molar-refractivity contribution is 0.102. The van der Waals surface area contributed by atoms with E-state index in [0.29, 0.717) is 12.0 Å². The maximum atomic E-state index is 13.5. The molecule has 24 heavy (non-hydrogen) atoms.